The van der Waals surface area contributed by atoms with Gasteiger partial charge in [0.2, 0.25) is 5.95 Å². The largest absolute Gasteiger partial charge is 0.365 e. The molecule has 0 fully saturated rings. The molecule has 2 aromatic carbocycles. The lowest BCUT2D eigenvalue weighted by atomic mass is 10.2. The number of aryl methyl sites for hydroxylation is 1. The summed E-state index contributed by atoms with van der Waals surface area (Å²) in [4.78, 5) is 9.04. The number of anilines is 3. The number of nitrogens with zero attached hydrogens (tertiary/aromatic N) is 4. The van der Waals surface area contributed by atoms with Crippen molar-refractivity contribution < 1.29 is 4.39 Å². The molecule has 6 nitrogen and oxygen atoms in total. The van der Waals surface area contributed by atoms with Gasteiger partial charge in [0, 0.05) is 19.3 Å². The third-order valence-corrected chi connectivity index (χ3v) is 3.98. The van der Waals surface area contributed by atoms with Gasteiger partial charge in [-0.05, 0) is 23.8 Å². The van der Waals surface area contributed by atoms with Crippen molar-refractivity contribution in [3.8, 4) is 0 Å². The van der Waals surface area contributed by atoms with E-state index in [1.807, 2.05) is 37.4 Å². The number of rotatable bonds is 5. The normalized spacial score (nSPS) is 10.8. The van der Waals surface area contributed by atoms with Crippen molar-refractivity contribution in [2.75, 3.05) is 10.6 Å². The first-order valence-corrected chi connectivity index (χ1v) is 8.19. The number of hydrogen-bond acceptors (Lipinski definition) is 5. The van der Waals surface area contributed by atoms with Crippen LogP contribution in [0.4, 0.5) is 21.8 Å². The molecule has 130 valence electrons. The minimum Gasteiger partial charge on any atom is -0.365 e. The third kappa shape index (κ3) is 3.32. The Labute approximate surface area is 149 Å². The van der Waals surface area contributed by atoms with Gasteiger partial charge < -0.3 is 10.6 Å². The number of nitrogens with one attached hydrogen (secondary N) is 2. The second kappa shape index (κ2) is 6.79. The Balaban J connectivity index is 1.67. The minimum absolute atomic E-state index is 0.320. The number of fused-ring (bicyclic) bond motifs is 1. The summed E-state index contributed by atoms with van der Waals surface area (Å²) in [6.45, 7) is 0.626. The van der Waals surface area contributed by atoms with Gasteiger partial charge in [-0.1, -0.05) is 36.4 Å². The van der Waals surface area contributed by atoms with Gasteiger partial charge in [0.05, 0.1) is 11.6 Å². The summed E-state index contributed by atoms with van der Waals surface area (Å²) in [5.41, 5.74) is 2.41. The molecule has 0 aliphatic rings. The van der Waals surface area contributed by atoms with Gasteiger partial charge in [-0.2, -0.15) is 15.1 Å². The van der Waals surface area contributed by atoms with E-state index in [0.717, 1.165) is 10.9 Å². The van der Waals surface area contributed by atoms with Gasteiger partial charge in [-0.25, -0.2) is 4.39 Å². The van der Waals surface area contributed by atoms with Crippen molar-refractivity contribution in [2.24, 2.45) is 7.05 Å². The van der Waals surface area contributed by atoms with Gasteiger partial charge in [0.1, 0.15) is 11.6 Å². The van der Waals surface area contributed by atoms with Crippen LogP contribution in [0.2, 0.25) is 0 Å². The van der Waals surface area contributed by atoms with Crippen molar-refractivity contribution in [3.05, 3.63) is 72.2 Å². The Morgan fingerprint density at radius 3 is 2.69 bits per heavy atom. The van der Waals surface area contributed by atoms with E-state index in [-0.39, 0.29) is 5.82 Å². The highest BCUT2D eigenvalue weighted by molar-refractivity contribution is 5.87. The van der Waals surface area contributed by atoms with Crippen LogP contribution in [-0.4, -0.2) is 19.7 Å². The molecule has 7 heteroatoms. The van der Waals surface area contributed by atoms with Crippen molar-refractivity contribution in [1.82, 2.24) is 19.7 Å². The Morgan fingerprint density at radius 2 is 1.88 bits per heavy atom. The lowest BCUT2D eigenvalue weighted by Crippen LogP contribution is -2.06. The van der Waals surface area contributed by atoms with E-state index in [2.05, 4.69) is 25.7 Å². The zero-order valence-electron chi connectivity index (χ0n) is 14.1. The van der Waals surface area contributed by atoms with E-state index in [1.54, 1.807) is 23.0 Å². The fourth-order valence-corrected chi connectivity index (χ4v) is 2.69. The average molecular weight is 348 g/mol. The molecule has 0 saturated carbocycles. The van der Waals surface area contributed by atoms with Crippen molar-refractivity contribution in [1.29, 1.82) is 0 Å². The molecule has 0 bridgehead atoms. The van der Waals surface area contributed by atoms with Crippen LogP contribution in [0, 0.1) is 5.82 Å². The molecule has 0 atom stereocenters. The molecule has 0 spiro atoms. The number of benzene rings is 2. The van der Waals surface area contributed by atoms with Crippen LogP contribution in [0.1, 0.15) is 5.56 Å². The van der Waals surface area contributed by atoms with Gasteiger partial charge >= 0.3 is 0 Å². The summed E-state index contributed by atoms with van der Waals surface area (Å²) >= 11 is 0. The quantitative estimate of drug-likeness (QED) is 0.573. The van der Waals surface area contributed by atoms with E-state index in [0.29, 0.717) is 29.6 Å². The number of halogens is 1. The Kier molecular flexibility index (Phi) is 4.18. The van der Waals surface area contributed by atoms with Crippen LogP contribution in [0.25, 0.3) is 11.0 Å². The van der Waals surface area contributed by atoms with Gasteiger partial charge in [0.25, 0.3) is 0 Å². The molecule has 2 heterocycles. The molecule has 4 rings (SSSR count). The first kappa shape index (κ1) is 16.0. The van der Waals surface area contributed by atoms with Gasteiger partial charge in [-0.15, -0.1) is 0 Å². The van der Waals surface area contributed by atoms with Crippen molar-refractivity contribution in [2.45, 2.75) is 6.54 Å². The third-order valence-electron chi connectivity index (χ3n) is 3.98. The van der Waals surface area contributed by atoms with Gasteiger partial charge in [-0.3, -0.25) is 4.68 Å². The van der Waals surface area contributed by atoms with Crippen LogP contribution in [0.15, 0.2) is 60.8 Å². The zero-order chi connectivity index (χ0) is 17.9. The molecular weight excluding hydrogens is 331 g/mol. The molecule has 0 amide bonds. The highest BCUT2D eigenvalue weighted by atomic mass is 19.1. The molecule has 26 heavy (non-hydrogen) atoms. The summed E-state index contributed by atoms with van der Waals surface area (Å²) in [6.07, 6.45) is 1.73. The van der Waals surface area contributed by atoms with E-state index in [9.17, 15) is 4.39 Å². The second-order valence-electron chi connectivity index (χ2n) is 5.88. The highest BCUT2D eigenvalue weighted by Gasteiger charge is 2.12. The lowest BCUT2D eigenvalue weighted by molar-refractivity contribution is 0.628. The topological polar surface area (TPSA) is 67.7 Å². The van der Waals surface area contributed by atoms with Crippen molar-refractivity contribution >= 4 is 28.5 Å². The van der Waals surface area contributed by atoms with Crippen LogP contribution in [-0.2, 0) is 13.6 Å². The van der Waals surface area contributed by atoms with E-state index in [4.69, 9.17) is 0 Å². The molecule has 0 aliphatic heterocycles. The van der Waals surface area contributed by atoms with Crippen LogP contribution in [0.5, 0.6) is 0 Å². The smallest absolute Gasteiger partial charge is 0.231 e. The lowest BCUT2D eigenvalue weighted by Gasteiger charge is -2.10. The molecule has 2 N–H and O–H groups in total. The molecule has 0 aliphatic carbocycles. The monoisotopic (exact) mass is 348 g/mol. The SMILES string of the molecule is Cn1ncc2c(NCc3ccccc3)nc(Nc3cccc(F)c3)nc21. The summed E-state index contributed by atoms with van der Waals surface area (Å²) in [5, 5.41) is 11.5. The van der Waals surface area contributed by atoms with E-state index >= 15 is 0 Å². The summed E-state index contributed by atoms with van der Waals surface area (Å²) in [6, 6.07) is 16.2. The Morgan fingerprint density at radius 1 is 1.04 bits per heavy atom. The minimum atomic E-state index is -0.320. The number of aromatic nitrogens is 4. The predicted molar refractivity (Wildman–Crippen MR) is 99.8 cm³/mol. The summed E-state index contributed by atoms with van der Waals surface area (Å²) in [7, 11) is 1.82. The maximum atomic E-state index is 13.4. The van der Waals surface area contributed by atoms with Crippen molar-refractivity contribution in [3.63, 3.8) is 0 Å². The fourth-order valence-electron chi connectivity index (χ4n) is 2.69. The second-order valence-corrected chi connectivity index (χ2v) is 5.88. The Hall–Kier alpha value is -3.48. The van der Waals surface area contributed by atoms with Gasteiger partial charge in [0.15, 0.2) is 5.65 Å². The predicted octanol–water partition coefficient (Wildman–Crippen LogP) is 3.86. The molecule has 2 aromatic heterocycles. The Bertz CT molecular complexity index is 1040. The molecule has 0 saturated heterocycles. The highest BCUT2D eigenvalue weighted by Crippen LogP contribution is 2.24. The number of hydrogen-bond donors (Lipinski definition) is 2. The zero-order valence-corrected chi connectivity index (χ0v) is 14.1. The first-order chi connectivity index (χ1) is 12.7. The first-order valence-electron chi connectivity index (χ1n) is 8.19. The molecule has 0 unspecified atom stereocenters. The maximum Gasteiger partial charge on any atom is 0.231 e. The standard InChI is InChI=1S/C19H17FN6/c1-26-18-16(12-22-26)17(21-11-13-6-3-2-4-7-13)24-19(25-18)23-15-9-5-8-14(20)10-15/h2-10,12H,11H2,1H3,(H2,21,23,24,25). The van der Waals surface area contributed by atoms with E-state index in [1.165, 1.54) is 12.1 Å². The van der Waals surface area contributed by atoms with Crippen LogP contribution >= 0.6 is 0 Å². The van der Waals surface area contributed by atoms with E-state index < -0.39 is 0 Å². The summed E-state index contributed by atoms with van der Waals surface area (Å²) in [5.74, 6) is 0.729. The molecule has 0 radical (unpaired) electrons. The maximum absolute atomic E-state index is 13.4. The average Bonchev–Trinajstić information content (AvgIpc) is 3.02. The van der Waals surface area contributed by atoms with Crippen LogP contribution in [0.3, 0.4) is 0 Å². The fraction of sp³-hybridized carbons (Fsp3) is 0.105. The van der Waals surface area contributed by atoms with Crippen LogP contribution < -0.4 is 10.6 Å². The molecular formula is C19H17FN6. The summed E-state index contributed by atoms with van der Waals surface area (Å²) < 4.78 is 15.1. The molecule has 4 aromatic rings.